The summed E-state index contributed by atoms with van der Waals surface area (Å²) < 4.78 is 33.0. The summed E-state index contributed by atoms with van der Waals surface area (Å²) in [6, 6.07) is 11.5. The van der Waals surface area contributed by atoms with Gasteiger partial charge in [-0.1, -0.05) is 30.7 Å². The van der Waals surface area contributed by atoms with E-state index in [2.05, 4.69) is 21.3 Å². The van der Waals surface area contributed by atoms with Crippen LogP contribution in [0, 0.1) is 5.92 Å². The molecule has 2 aromatic carbocycles. The van der Waals surface area contributed by atoms with Gasteiger partial charge in [0.25, 0.3) is 0 Å². The van der Waals surface area contributed by atoms with E-state index in [1.165, 1.54) is 38.2 Å². The van der Waals surface area contributed by atoms with Gasteiger partial charge in [0.2, 0.25) is 10.0 Å². The van der Waals surface area contributed by atoms with Crippen molar-refractivity contribution in [1.82, 2.24) is 4.72 Å². The van der Waals surface area contributed by atoms with Crippen molar-refractivity contribution in [1.29, 1.82) is 0 Å². The molecule has 0 radical (unpaired) electrons. The molecule has 1 aliphatic rings. The lowest BCUT2D eigenvalue weighted by Crippen LogP contribution is -2.34. The number of hydrogen-bond acceptors (Lipinski definition) is 5. The number of sulfonamides is 1. The summed E-state index contributed by atoms with van der Waals surface area (Å²) in [4.78, 5) is 14.1. The Kier molecular flexibility index (Phi) is 7.06. The summed E-state index contributed by atoms with van der Waals surface area (Å²) in [5.74, 6) is -0.00821. The quantitative estimate of drug-likeness (QED) is 0.660. The van der Waals surface area contributed by atoms with Crippen LogP contribution in [0.5, 0.6) is 0 Å². The normalized spacial score (nSPS) is 18.1. The first-order chi connectivity index (χ1) is 14.2. The van der Waals surface area contributed by atoms with E-state index in [9.17, 15) is 13.2 Å². The summed E-state index contributed by atoms with van der Waals surface area (Å²) in [5, 5.41) is 0.136. The zero-order valence-corrected chi connectivity index (χ0v) is 19.0. The van der Waals surface area contributed by atoms with Gasteiger partial charge in [-0.2, -0.15) is 0 Å². The van der Waals surface area contributed by atoms with E-state index in [4.69, 9.17) is 11.6 Å². The lowest BCUT2D eigenvalue weighted by molar-refractivity contribution is 0.0600. The molecule has 0 aliphatic carbocycles. The Morgan fingerprint density at radius 3 is 2.57 bits per heavy atom. The molecule has 2 atom stereocenters. The first kappa shape index (κ1) is 22.6. The van der Waals surface area contributed by atoms with Crippen LogP contribution in [-0.4, -0.2) is 34.6 Å². The monoisotopic (exact) mass is 450 g/mol. The number of hydrogen-bond donors (Lipinski definition) is 1. The van der Waals surface area contributed by atoms with E-state index in [0.29, 0.717) is 5.92 Å². The zero-order valence-electron chi connectivity index (χ0n) is 17.4. The predicted molar refractivity (Wildman–Crippen MR) is 119 cm³/mol. The lowest BCUT2D eigenvalue weighted by Gasteiger charge is -2.33. The van der Waals surface area contributed by atoms with E-state index in [-0.39, 0.29) is 15.5 Å². The molecule has 0 spiro atoms. The summed E-state index contributed by atoms with van der Waals surface area (Å²) in [6.45, 7) is 6.14. The first-order valence-corrected chi connectivity index (χ1v) is 11.8. The molecule has 1 saturated heterocycles. The molecule has 0 bridgehead atoms. The van der Waals surface area contributed by atoms with Gasteiger partial charge in [0.1, 0.15) is 0 Å². The van der Waals surface area contributed by atoms with Crippen LogP contribution in [0.25, 0.3) is 0 Å². The minimum absolute atomic E-state index is 0.00908. The SMILES string of the molecule is COC(=O)c1cc(S(=O)(=O)N[C@H](C)c2ccc(N3CCC[C@H](C)C3)cc2)ccc1Cl. The molecule has 2 aromatic rings. The second-order valence-corrected chi connectivity index (χ2v) is 9.88. The molecule has 0 unspecified atom stereocenters. The van der Waals surface area contributed by atoms with Crippen LogP contribution < -0.4 is 9.62 Å². The van der Waals surface area contributed by atoms with Crippen molar-refractivity contribution in [2.24, 2.45) is 5.92 Å². The highest BCUT2D eigenvalue weighted by molar-refractivity contribution is 7.89. The Labute approximate surface area is 183 Å². The first-order valence-electron chi connectivity index (χ1n) is 9.96. The number of esters is 1. The third-order valence-corrected chi connectivity index (χ3v) is 7.27. The number of nitrogens with zero attached hydrogens (tertiary/aromatic N) is 1. The Hall–Kier alpha value is -2.09. The van der Waals surface area contributed by atoms with Crippen LogP contribution >= 0.6 is 11.6 Å². The number of benzene rings is 2. The number of piperidine rings is 1. The van der Waals surface area contributed by atoms with Crippen molar-refractivity contribution in [2.45, 2.75) is 37.6 Å². The predicted octanol–water partition coefficient (Wildman–Crippen LogP) is 4.40. The van der Waals surface area contributed by atoms with Gasteiger partial charge < -0.3 is 9.64 Å². The number of ether oxygens (including phenoxy) is 1. The Balaban J connectivity index is 1.75. The van der Waals surface area contributed by atoms with Gasteiger partial charge in [0.15, 0.2) is 0 Å². The highest BCUT2D eigenvalue weighted by atomic mass is 35.5. The molecule has 1 N–H and O–H groups in total. The van der Waals surface area contributed by atoms with Gasteiger partial charge in [-0.15, -0.1) is 0 Å². The minimum Gasteiger partial charge on any atom is -0.465 e. The second-order valence-electron chi connectivity index (χ2n) is 7.76. The number of anilines is 1. The van der Waals surface area contributed by atoms with E-state index in [1.54, 1.807) is 6.92 Å². The van der Waals surface area contributed by atoms with Crippen LogP contribution in [0.3, 0.4) is 0 Å². The summed E-state index contributed by atoms with van der Waals surface area (Å²) in [7, 11) is -2.64. The summed E-state index contributed by atoms with van der Waals surface area (Å²) in [5.41, 5.74) is 2.02. The molecular formula is C22H27ClN2O4S. The third kappa shape index (κ3) is 5.14. The molecule has 0 saturated carbocycles. The van der Waals surface area contributed by atoms with Crippen molar-refractivity contribution >= 4 is 33.3 Å². The second kappa shape index (κ2) is 9.37. The standard InChI is InChI=1S/C22H27ClN2O4S/c1-15-5-4-12-25(14-15)18-8-6-17(7-9-18)16(2)24-30(27,28)19-10-11-21(23)20(13-19)22(26)29-3/h6-11,13,15-16,24H,4-5,12,14H2,1-3H3/t15-,16+/m0/s1. The number of carbonyl (C=O) groups is 1. The number of nitrogens with one attached hydrogen (secondary N) is 1. The maximum Gasteiger partial charge on any atom is 0.339 e. The average Bonchev–Trinajstić information content (AvgIpc) is 2.73. The van der Waals surface area contributed by atoms with Crippen molar-refractivity contribution in [2.75, 3.05) is 25.1 Å². The van der Waals surface area contributed by atoms with Gasteiger partial charge in [0.05, 0.1) is 22.6 Å². The lowest BCUT2D eigenvalue weighted by atomic mass is 9.99. The molecule has 3 rings (SSSR count). The van der Waals surface area contributed by atoms with Crippen LogP contribution in [0.15, 0.2) is 47.4 Å². The van der Waals surface area contributed by atoms with Gasteiger partial charge in [0, 0.05) is 24.8 Å². The minimum atomic E-state index is -3.85. The van der Waals surface area contributed by atoms with Crippen LogP contribution in [-0.2, 0) is 14.8 Å². The fourth-order valence-electron chi connectivity index (χ4n) is 3.70. The average molecular weight is 451 g/mol. The third-order valence-electron chi connectivity index (χ3n) is 5.40. The maximum absolute atomic E-state index is 12.8. The number of methoxy groups -OCH3 is 1. The van der Waals surface area contributed by atoms with Gasteiger partial charge in [-0.25, -0.2) is 17.9 Å². The van der Waals surface area contributed by atoms with Crippen LogP contribution in [0.2, 0.25) is 5.02 Å². The number of carbonyl (C=O) groups excluding carboxylic acids is 1. The highest BCUT2D eigenvalue weighted by Crippen LogP contribution is 2.26. The Morgan fingerprint density at radius 1 is 1.23 bits per heavy atom. The largest absolute Gasteiger partial charge is 0.465 e. The van der Waals surface area contributed by atoms with Crippen LogP contribution in [0.1, 0.15) is 48.7 Å². The highest BCUT2D eigenvalue weighted by Gasteiger charge is 2.22. The molecule has 6 nitrogen and oxygen atoms in total. The van der Waals surface area contributed by atoms with E-state index in [0.717, 1.165) is 24.3 Å². The van der Waals surface area contributed by atoms with Crippen molar-refractivity contribution in [3.05, 3.63) is 58.6 Å². The summed E-state index contributed by atoms with van der Waals surface area (Å²) in [6.07, 6.45) is 2.45. The van der Waals surface area contributed by atoms with Crippen LogP contribution in [0.4, 0.5) is 5.69 Å². The van der Waals surface area contributed by atoms with Crippen molar-refractivity contribution < 1.29 is 17.9 Å². The topological polar surface area (TPSA) is 75.7 Å². The zero-order chi connectivity index (χ0) is 21.9. The maximum atomic E-state index is 12.8. The molecular weight excluding hydrogens is 424 g/mol. The van der Waals surface area contributed by atoms with Crippen molar-refractivity contribution in [3.63, 3.8) is 0 Å². The summed E-state index contributed by atoms with van der Waals surface area (Å²) >= 11 is 5.99. The van der Waals surface area contributed by atoms with Gasteiger partial charge in [-0.3, -0.25) is 0 Å². The molecule has 30 heavy (non-hydrogen) atoms. The van der Waals surface area contributed by atoms with Gasteiger partial charge >= 0.3 is 5.97 Å². The van der Waals surface area contributed by atoms with E-state index >= 15 is 0 Å². The number of rotatable bonds is 6. The molecule has 162 valence electrons. The number of halogens is 1. The molecule has 0 amide bonds. The van der Waals surface area contributed by atoms with E-state index < -0.39 is 22.0 Å². The van der Waals surface area contributed by atoms with Crippen molar-refractivity contribution in [3.8, 4) is 0 Å². The van der Waals surface area contributed by atoms with E-state index in [1.807, 2.05) is 24.3 Å². The molecule has 8 heteroatoms. The fraction of sp³-hybridized carbons (Fsp3) is 0.409. The Bertz CT molecular complexity index is 1010. The molecule has 1 fully saturated rings. The van der Waals surface area contributed by atoms with Gasteiger partial charge in [-0.05, 0) is 61.6 Å². The molecule has 0 aromatic heterocycles. The molecule has 1 heterocycles. The smallest absolute Gasteiger partial charge is 0.339 e. The molecule has 1 aliphatic heterocycles. The Morgan fingerprint density at radius 2 is 1.93 bits per heavy atom. The fourth-order valence-corrected chi connectivity index (χ4v) is 5.16.